The lowest BCUT2D eigenvalue weighted by atomic mass is 9.76. The number of carbonyl (C=O) groups is 1. The summed E-state index contributed by atoms with van der Waals surface area (Å²) in [6.45, 7) is 0.272. The van der Waals surface area contributed by atoms with Crippen molar-refractivity contribution >= 4 is 5.97 Å². The van der Waals surface area contributed by atoms with E-state index >= 15 is 0 Å². The Hall–Kier alpha value is -0.830. The van der Waals surface area contributed by atoms with E-state index in [-0.39, 0.29) is 12.5 Å². The van der Waals surface area contributed by atoms with Crippen molar-refractivity contribution in [2.45, 2.75) is 12.8 Å². The summed E-state index contributed by atoms with van der Waals surface area (Å²) in [6, 6.07) is 0. The van der Waals surface area contributed by atoms with E-state index in [4.69, 9.17) is 10.8 Å². The first-order valence-corrected chi connectivity index (χ1v) is 4.31. The predicted molar refractivity (Wildman–Crippen MR) is 44.5 cm³/mol. The van der Waals surface area contributed by atoms with E-state index < -0.39 is 11.4 Å². The second kappa shape index (κ2) is 2.33. The van der Waals surface area contributed by atoms with Crippen molar-refractivity contribution in [2.75, 3.05) is 6.54 Å². The van der Waals surface area contributed by atoms with E-state index in [0.29, 0.717) is 5.92 Å². The monoisotopic (exact) mass is 167 g/mol. The Kier molecular flexibility index (Phi) is 1.51. The van der Waals surface area contributed by atoms with Crippen molar-refractivity contribution < 1.29 is 9.90 Å². The molecule has 3 heteroatoms. The van der Waals surface area contributed by atoms with Crippen molar-refractivity contribution in [1.82, 2.24) is 0 Å². The number of allylic oxidation sites excluding steroid dienone is 2. The number of fused-ring (bicyclic) bond motifs is 2. The summed E-state index contributed by atoms with van der Waals surface area (Å²) in [5.41, 5.74) is 4.90. The van der Waals surface area contributed by atoms with Gasteiger partial charge in [0.25, 0.3) is 0 Å². The SMILES string of the molecule is NCC1(C(=O)O)CC2C=CC1C2. The minimum atomic E-state index is -0.721. The van der Waals surface area contributed by atoms with E-state index in [1.807, 2.05) is 6.08 Å². The van der Waals surface area contributed by atoms with E-state index in [2.05, 4.69) is 6.08 Å². The summed E-state index contributed by atoms with van der Waals surface area (Å²) in [5.74, 6) is -0.0681. The second-order valence-corrected chi connectivity index (χ2v) is 3.86. The van der Waals surface area contributed by atoms with Crippen LogP contribution in [0.3, 0.4) is 0 Å². The molecule has 1 fully saturated rings. The topological polar surface area (TPSA) is 63.3 Å². The Morgan fingerprint density at radius 3 is 2.67 bits per heavy atom. The smallest absolute Gasteiger partial charge is 0.311 e. The Labute approximate surface area is 71.3 Å². The standard InChI is InChI=1S/C9H13NO2/c10-5-9(8(11)12)4-6-1-2-7(9)3-6/h1-2,6-7H,3-5,10H2,(H,11,12). The molecule has 0 saturated heterocycles. The van der Waals surface area contributed by atoms with Gasteiger partial charge in [0.15, 0.2) is 0 Å². The third-order valence-electron chi connectivity index (χ3n) is 3.30. The highest BCUT2D eigenvalue weighted by Crippen LogP contribution is 2.51. The highest BCUT2D eigenvalue weighted by atomic mass is 16.4. The third kappa shape index (κ3) is 0.771. The van der Waals surface area contributed by atoms with E-state index in [1.165, 1.54) is 0 Å². The lowest BCUT2D eigenvalue weighted by Gasteiger charge is -2.29. The van der Waals surface area contributed by atoms with Crippen molar-refractivity contribution in [3.8, 4) is 0 Å². The van der Waals surface area contributed by atoms with Crippen LogP contribution in [0.5, 0.6) is 0 Å². The summed E-state index contributed by atoms with van der Waals surface area (Å²) in [7, 11) is 0. The number of nitrogens with two attached hydrogens (primary N) is 1. The van der Waals surface area contributed by atoms with Crippen LogP contribution in [0.25, 0.3) is 0 Å². The lowest BCUT2D eigenvalue weighted by molar-refractivity contribution is -0.149. The average Bonchev–Trinajstić information content (AvgIpc) is 2.62. The van der Waals surface area contributed by atoms with Crippen molar-refractivity contribution in [3.63, 3.8) is 0 Å². The molecule has 1 saturated carbocycles. The Morgan fingerprint density at radius 1 is 1.67 bits per heavy atom. The largest absolute Gasteiger partial charge is 0.481 e. The fourth-order valence-corrected chi connectivity index (χ4v) is 2.52. The molecule has 0 heterocycles. The second-order valence-electron chi connectivity index (χ2n) is 3.86. The zero-order valence-corrected chi connectivity index (χ0v) is 6.86. The zero-order chi connectivity index (χ0) is 8.77. The van der Waals surface area contributed by atoms with Crippen LogP contribution < -0.4 is 5.73 Å². The molecule has 2 bridgehead atoms. The van der Waals surface area contributed by atoms with Gasteiger partial charge in [-0.05, 0) is 24.7 Å². The van der Waals surface area contributed by atoms with Crippen LogP contribution >= 0.6 is 0 Å². The van der Waals surface area contributed by atoms with E-state index in [1.54, 1.807) is 0 Å². The zero-order valence-electron chi connectivity index (χ0n) is 6.86. The molecule has 0 radical (unpaired) electrons. The van der Waals surface area contributed by atoms with Gasteiger partial charge in [0.1, 0.15) is 0 Å². The predicted octanol–water partition coefficient (Wildman–Crippen LogP) is 0.612. The first-order chi connectivity index (χ1) is 5.69. The van der Waals surface area contributed by atoms with Crippen LogP contribution in [0.15, 0.2) is 12.2 Å². The molecule has 2 aliphatic rings. The van der Waals surface area contributed by atoms with E-state index in [9.17, 15) is 4.79 Å². The fourth-order valence-electron chi connectivity index (χ4n) is 2.52. The van der Waals surface area contributed by atoms with Gasteiger partial charge in [0.05, 0.1) is 5.41 Å². The van der Waals surface area contributed by atoms with Crippen LogP contribution in [0.4, 0.5) is 0 Å². The molecular formula is C9H13NO2. The number of hydrogen-bond acceptors (Lipinski definition) is 2. The average molecular weight is 167 g/mol. The molecule has 0 spiro atoms. The van der Waals surface area contributed by atoms with Crippen LogP contribution in [0.2, 0.25) is 0 Å². The molecule has 2 aliphatic carbocycles. The van der Waals surface area contributed by atoms with E-state index in [0.717, 1.165) is 12.8 Å². The van der Waals surface area contributed by atoms with Gasteiger partial charge in [-0.25, -0.2) is 0 Å². The molecule has 3 unspecified atom stereocenters. The van der Waals surface area contributed by atoms with Gasteiger partial charge in [0, 0.05) is 6.54 Å². The Morgan fingerprint density at radius 2 is 2.42 bits per heavy atom. The molecule has 3 nitrogen and oxygen atoms in total. The van der Waals surface area contributed by atoms with Crippen molar-refractivity contribution in [1.29, 1.82) is 0 Å². The first-order valence-electron chi connectivity index (χ1n) is 4.31. The Balaban J connectivity index is 2.31. The van der Waals surface area contributed by atoms with Crippen LogP contribution in [-0.4, -0.2) is 17.6 Å². The molecule has 0 aromatic rings. The van der Waals surface area contributed by atoms with Gasteiger partial charge in [-0.2, -0.15) is 0 Å². The molecule has 0 amide bonds. The minimum absolute atomic E-state index is 0.185. The maximum atomic E-state index is 11.0. The number of carboxylic acids is 1. The fraction of sp³-hybridized carbons (Fsp3) is 0.667. The summed E-state index contributed by atoms with van der Waals surface area (Å²) >= 11 is 0. The maximum absolute atomic E-state index is 11.0. The molecular weight excluding hydrogens is 154 g/mol. The molecule has 0 aliphatic heterocycles. The summed E-state index contributed by atoms with van der Waals surface area (Å²) in [5, 5.41) is 9.07. The highest BCUT2D eigenvalue weighted by molar-refractivity contribution is 5.76. The summed E-state index contributed by atoms with van der Waals surface area (Å²) < 4.78 is 0. The molecule has 0 aromatic heterocycles. The molecule has 12 heavy (non-hydrogen) atoms. The van der Waals surface area contributed by atoms with Gasteiger partial charge in [-0.1, -0.05) is 12.2 Å². The number of rotatable bonds is 2. The molecule has 66 valence electrons. The van der Waals surface area contributed by atoms with Crippen molar-refractivity contribution in [3.05, 3.63) is 12.2 Å². The minimum Gasteiger partial charge on any atom is -0.481 e. The molecule has 3 atom stereocenters. The first kappa shape index (κ1) is 7.80. The van der Waals surface area contributed by atoms with Gasteiger partial charge in [0.2, 0.25) is 0 Å². The summed E-state index contributed by atoms with van der Waals surface area (Å²) in [6.07, 6.45) is 5.88. The van der Waals surface area contributed by atoms with Crippen LogP contribution in [-0.2, 0) is 4.79 Å². The quantitative estimate of drug-likeness (QED) is 0.592. The molecule has 3 N–H and O–H groups in total. The summed E-state index contributed by atoms with van der Waals surface area (Å²) in [4.78, 5) is 11.0. The Bertz CT molecular complexity index is 249. The van der Waals surface area contributed by atoms with Crippen LogP contribution in [0.1, 0.15) is 12.8 Å². The number of hydrogen-bond donors (Lipinski definition) is 2. The molecule has 0 aromatic carbocycles. The van der Waals surface area contributed by atoms with Gasteiger partial charge < -0.3 is 10.8 Å². The normalized spacial score (nSPS) is 43.8. The maximum Gasteiger partial charge on any atom is 0.311 e. The van der Waals surface area contributed by atoms with Gasteiger partial charge in [-0.3, -0.25) is 4.79 Å². The van der Waals surface area contributed by atoms with Crippen LogP contribution in [0, 0.1) is 17.3 Å². The number of aliphatic carboxylic acids is 1. The lowest BCUT2D eigenvalue weighted by Crippen LogP contribution is -2.41. The van der Waals surface area contributed by atoms with Gasteiger partial charge >= 0.3 is 5.97 Å². The highest BCUT2D eigenvalue weighted by Gasteiger charge is 2.52. The number of carboxylic acid groups (broad SMARTS) is 1. The van der Waals surface area contributed by atoms with Crippen molar-refractivity contribution in [2.24, 2.45) is 23.0 Å². The van der Waals surface area contributed by atoms with Gasteiger partial charge in [-0.15, -0.1) is 0 Å². The molecule has 2 rings (SSSR count). The third-order valence-corrected chi connectivity index (χ3v) is 3.30.